The number of rotatable bonds is 2. The molecule has 1 fully saturated rings. The maximum Gasteiger partial charge on any atom is 0.312 e. The van der Waals surface area contributed by atoms with Crippen molar-refractivity contribution in [3.63, 3.8) is 0 Å². The zero-order chi connectivity index (χ0) is 7.61. The van der Waals surface area contributed by atoms with Gasteiger partial charge in [0.1, 0.15) is 6.67 Å². The van der Waals surface area contributed by atoms with Crippen LogP contribution in [0.2, 0.25) is 0 Å². The van der Waals surface area contributed by atoms with E-state index in [1.807, 2.05) is 0 Å². The van der Waals surface area contributed by atoms with Crippen molar-refractivity contribution < 1.29 is 14.3 Å². The fourth-order valence-electron chi connectivity index (χ4n) is 1.46. The van der Waals surface area contributed by atoms with E-state index in [2.05, 4.69) is 0 Å². The Hall–Kier alpha value is -0.600. The van der Waals surface area contributed by atoms with Crippen LogP contribution in [0.3, 0.4) is 0 Å². The van der Waals surface area contributed by atoms with Gasteiger partial charge in [0.2, 0.25) is 0 Å². The molecule has 0 heterocycles. The van der Waals surface area contributed by atoms with Crippen LogP contribution in [0.1, 0.15) is 25.7 Å². The number of carbonyl (C=O) groups is 1. The number of hydrogen-bond acceptors (Lipinski definition) is 1. The molecule has 0 saturated heterocycles. The highest BCUT2D eigenvalue weighted by atomic mass is 19.1. The van der Waals surface area contributed by atoms with Crippen LogP contribution >= 0.6 is 0 Å². The summed E-state index contributed by atoms with van der Waals surface area (Å²) >= 11 is 0. The summed E-state index contributed by atoms with van der Waals surface area (Å²) in [5, 5.41) is 8.62. The third-order valence-electron chi connectivity index (χ3n) is 2.27. The van der Waals surface area contributed by atoms with Crippen LogP contribution in [0.15, 0.2) is 0 Å². The van der Waals surface area contributed by atoms with Crippen molar-refractivity contribution in [3.05, 3.63) is 0 Å². The molecule has 1 aliphatic rings. The molecule has 1 N–H and O–H groups in total. The summed E-state index contributed by atoms with van der Waals surface area (Å²) in [4.78, 5) is 10.5. The van der Waals surface area contributed by atoms with E-state index in [9.17, 15) is 9.18 Å². The fraction of sp³-hybridized carbons (Fsp3) is 0.857. The lowest BCUT2D eigenvalue weighted by atomic mass is 9.88. The first-order valence-electron chi connectivity index (χ1n) is 3.51. The first-order chi connectivity index (χ1) is 4.71. The second kappa shape index (κ2) is 2.56. The number of carboxylic acid groups (broad SMARTS) is 1. The molecule has 1 aliphatic carbocycles. The third kappa shape index (κ3) is 1.00. The van der Waals surface area contributed by atoms with Crippen molar-refractivity contribution in [2.75, 3.05) is 6.67 Å². The molecule has 0 unspecified atom stereocenters. The molecule has 0 aromatic rings. The lowest BCUT2D eigenvalue weighted by molar-refractivity contribution is -0.149. The predicted octanol–water partition coefficient (Wildman–Crippen LogP) is 1.60. The number of aliphatic carboxylic acids is 1. The summed E-state index contributed by atoms with van der Waals surface area (Å²) in [6, 6.07) is 0. The van der Waals surface area contributed by atoms with Gasteiger partial charge in [-0.15, -0.1) is 0 Å². The summed E-state index contributed by atoms with van der Waals surface area (Å²) in [5.41, 5.74) is -1.01. The summed E-state index contributed by atoms with van der Waals surface area (Å²) in [6.07, 6.45) is 2.74. The van der Waals surface area contributed by atoms with E-state index < -0.39 is 18.1 Å². The standard InChI is InChI=1S/C7H11FO2/c8-5-7(6(9)10)3-1-2-4-7/h1-5H2,(H,9,10). The van der Waals surface area contributed by atoms with Gasteiger partial charge in [-0.25, -0.2) is 4.39 Å². The third-order valence-corrected chi connectivity index (χ3v) is 2.27. The Morgan fingerprint density at radius 1 is 1.50 bits per heavy atom. The van der Waals surface area contributed by atoms with Gasteiger partial charge < -0.3 is 5.11 Å². The monoisotopic (exact) mass is 146 g/mol. The van der Waals surface area contributed by atoms with Crippen molar-refractivity contribution in [1.29, 1.82) is 0 Å². The minimum atomic E-state index is -1.01. The molecule has 0 atom stereocenters. The number of carboxylic acids is 1. The Labute approximate surface area is 59.0 Å². The molecule has 0 aliphatic heterocycles. The molecule has 0 aromatic heterocycles. The predicted molar refractivity (Wildman–Crippen MR) is 34.5 cm³/mol. The molecular formula is C7H11FO2. The van der Waals surface area contributed by atoms with Crippen molar-refractivity contribution in [1.82, 2.24) is 0 Å². The van der Waals surface area contributed by atoms with E-state index in [0.717, 1.165) is 12.8 Å². The van der Waals surface area contributed by atoms with Gasteiger partial charge in [0, 0.05) is 0 Å². The minimum Gasteiger partial charge on any atom is -0.481 e. The van der Waals surface area contributed by atoms with Gasteiger partial charge in [-0.3, -0.25) is 4.79 Å². The average Bonchev–Trinajstić information content (AvgIpc) is 2.35. The van der Waals surface area contributed by atoms with Gasteiger partial charge in [0.25, 0.3) is 0 Å². The molecule has 10 heavy (non-hydrogen) atoms. The van der Waals surface area contributed by atoms with Crippen LogP contribution in [-0.2, 0) is 4.79 Å². The van der Waals surface area contributed by atoms with Crippen LogP contribution < -0.4 is 0 Å². The van der Waals surface area contributed by atoms with Crippen LogP contribution in [0.4, 0.5) is 4.39 Å². The summed E-state index contributed by atoms with van der Waals surface area (Å²) < 4.78 is 12.2. The zero-order valence-corrected chi connectivity index (χ0v) is 5.77. The van der Waals surface area contributed by atoms with E-state index in [1.54, 1.807) is 0 Å². The van der Waals surface area contributed by atoms with Gasteiger partial charge in [-0.2, -0.15) is 0 Å². The number of alkyl halides is 1. The molecule has 0 radical (unpaired) electrons. The Balaban J connectivity index is 2.67. The highest BCUT2D eigenvalue weighted by Gasteiger charge is 2.41. The van der Waals surface area contributed by atoms with E-state index >= 15 is 0 Å². The summed E-state index contributed by atoms with van der Waals surface area (Å²) in [5.74, 6) is -0.965. The van der Waals surface area contributed by atoms with Crippen LogP contribution in [0.25, 0.3) is 0 Å². The molecule has 0 amide bonds. The quantitative estimate of drug-likeness (QED) is 0.642. The van der Waals surface area contributed by atoms with Gasteiger partial charge in [0.05, 0.1) is 5.41 Å². The topological polar surface area (TPSA) is 37.3 Å². The van der Waals surface area contributed by atoms with Crippen molar-refractivity contribution in [2.24, 2.45) is 5.41 Å². The van der Waals surface area contributed by atoms with Gasteiger partial charge in [-0.1, -0.05) is 12.8 Å². The molecule has 0 aromatic carbocycles. The smallest absolute Gasteiger partial charge is 0.312 e. The van der Waals surface area contributed by atoms with Crippen LogP contribution in [0.5, 0.6) is 0 Å². The SMILES string of the molecule is O=C(O)C1(CF)CCCC1. The summed E-state index contributed by atoms with van der Waals surface area (Å²) in [7, 11) is 0. The second-order valence-corrected chi connectivity index (χ2v) is 2.93. The Kier molecular flexibility index (Phi) is 1.92. The Morgan fingerprint density at radius 2 is 2.00 bits per heavy atom. The zero-order valence-electron chi connectivity index (χ0n) is 5.77. The first kappa shape index (κ1) is 7.51. The van der Waals surface area contributed by atoms with E-state index in [1.165, 1.54) is 0 Å². The molecule has 58 valence electrons. The van der Waals surface area contributed by atoms with Crippen molar-refractivity contribution in [2.45, 2.75) is 25.7 Å². The molecular weight excluding hydrogens is 135 g/mol. The lowest BCUT2D eigenvalue weighted by Crippen LogP contribution is -2.29. The van der Waals surface area contributed by atoms with Gasteiger partial charge in [0.15, 0.2) is 0 Å². The van der Waals surface area contributed by atoms with Crippen LogP contribution in [-0.4, -0.2) is 17.8 Å². The summed E-state index contributed by atoms with van der Waals surface area (Å²) in [6.45, 7) is -0.706. The normalized spacial score (nSPS) is 22.9. The van der Waals surface area contributed by atoms with Crippen molar-refractivity contribution in [3.8, 4) is 0 Å². The van der Waals surface area contributed by atoms with Gasteiger partial charge >= 0.3 is 5.97 Å². The molecule has 3 heteroatoms. The highest BCUT2D eigenvalue weighted by molar-refractivity contribution is 5.75. The first-order valence-corrected chi connectivity index (χ1v) is 3.51. The maximum atomic E-state index is 12.2. The molecule has 1 rings (SSSR count). The molecule has 0 spiro atoms. The average molecular weight is 146 g/mol. The van der Waals surface area contributed by atoms with E-state index in [-0.39, 0.29) is 0 Å². The fourth-order valence-corrected chi connectivity index (χ4v) is 1.46. The van der Waals surface area contributed by atoms with E-state index in [4.69, 9.17) is 5.11 Å². The van der Waals surface area contributed by atoms with E-state index in [0.29, 0.717) is 12.8 Å². The maximum absolute atomic E-state index is 12.2. The lowest BCUT2D eigenvalue weighted by Gasteiger charge is -2.18. The molecule has 0 bridgehead atoms. The van der Waals surface area contributed by atoms with Gasteiger partial charge in [-0.05, 0) is 12.8 Å². The Bertz CT molecular complexity index is 139. The molecule has 1 saturated carbocycles. The van der Waals surface area contributed by atoms with Crippen LogP contribution in [0, 0.1) is 5.41 Å². The second-order valence-electron chi connectivity index (χ2n) is 2.93. The highest BCUT2D eigenvalue weighted by Crippen LogP contribution is 2.38. The number of hydrogen-bond donors (Lipinski definition) is 1. The van der Waals surface area contributed by atoms with Crippen molar-refractivity contribution >= 4 is 5.97 Å². The number of halogens is 1. The molecule has 2 nitrogen and oxygen atoms in total. The largest absolute Gasteiger partial charge is 0.481 e. The minimum absolute atomic E-state index is 0.513. The Morgan fingerprint density at radius 3 is 2.20 bits per heavy atom.